The maximum absolute atomic E-state index is 13.2. The molecule has 37 heavy (non-hydrogen) atoms. The largest absolute Gasteiger partial charge is 0.504 e. The van der Waals surface area contributed by atoms with Gasteiger partial charge in [0.1, 0.15) is 0 Å². The van der Waals surface area contributed by atoms with E-state index < -0.39 is 5.41 Å². The minimum atomic E-state index is -0.617. The molecular weight excluding hydrogens is 484 g/mol. The fraction of sp³-hybridized carbons (Fsp3) is 0.677. The smallest absolute Gasteiger partial charge is 0.313 e. The number of aliphatic hydroxyl groups is 1. The Morgan fingerprint density at radius 2 is 1.70 bits per heavy atom. The van der Waals surface area contributed by atoms with Crippen LogP contribution in [0.1, 0.15) is 86.5 Å². The van der Waals surface area contributed by atoms with Crippen LogP contribution in [0.3, 0.4) is 0 Å². The van der Waals surface area contributed by atoms with Gasteiger partial charge >= 0.3 is 5.97 Å². The Labute approximate surface area is 226 Å². The number of esters is 1. The second-order valence-corrected chi connectivity index (χ2v) is 14.3. The monoisotopic (exact) mass is 526 g/mol. The minimum absolute atomic E-state index is 0.000569. The molecule has 0 saturated heterocycles. The molecule has 5 nitrogen and oxygen atoms in total. The number of thiol groups is 1. The molecule has 0 aliphatic heterocycles. The van der Waals surface area contributed by atoms with Gasteiger partial charge in [0.05, 0.1) is 5.41 Å². The van der Waals surface area contributed by atoms with Crippen LogP contribution in [0.25, 0.3) is 0 Å². The molecule has 3 fully saturated rings. The zero-order valence-corrected chi connectivity index (χ0v) is 24.3. The number of hydrogen-bond donors (Lipinski definition) is 2. The van der Waals surface area contributed by atoms with Gasteiger partial charge in [-0.1, -0.05) is 45.4 Å². The van der Waals surface area contributed by atoms with E-state index in [9.17, 15) is 14.7 Å². The molecule has 0 amide bonds. The standard InChI is InChI=1S/C31H42O5S/c1-19-20-8-9-23-28(4,21(20)16-22(32)24(19)33)13-15-30(6)29(23,5)14-12-27(3)11-10-26(2,17-31(27,30)37)25(34)36-18-35-7/h8-9,16,33,37H,10-15,17-18H2,1-7H3/t26-,27?,28?,29?,30-,31?/m1/s1. The lowest BCUT2D eigenvalue weighted by atomic mass is 9.34. The third kappa shape index (κ3) is 3.21. The summed E-state index contributed by atoms with van der Waals surface area (Å²) in [7, 11) is 1.53. The Kier molecular flexibility index (Phi) is 5.87. The van der Waals surface area contributed by atoms with Gasteiger partial charge in [0.15, 0.2) is 12.6 Å². The fourth-order valence-corrected chi connectivity index (χ4v) is 9.90. The average Bonchev–Trinajstić information content (AvgIpc) is 2.85. The Balaban J connectivity index is 1.62. The van der Waals surface area contributed by atoms with Crippen LogP contribution in [0, 0.1) is 27.1 Å². The van der Waals surface area contributed by atoms with Crippen molar-refractivity contribution in [3.63, 3.8) is 0 Å². The summed E-state index contributed by atoms with van der Waals surface area (Å²) in [5.74, 6) is -0.643. The summed E-state index contributed by atoms with van der Waals surface area (Å²) in [6.07, 6.45) is 12.3. The van der Waals surface area contributed by atoms with Crippen molar-refractivity contribution in [2.24, 2.45) is 27.1 Å². The Morgan fingerprint density at radius 3 is 2.38 bits per heavy atom. The van der Waals surface area contributed by atoms with Gasteiger partial charge in [0, 0.05) is 22.8 Å². The molecule has 0 aromatic carbocycles. The normalized spacial score (nSPS) is 45.0. The highest BCUT2D eigenvalue weighted by Crippen LogP contribution is 2.78. The quantitative estimate of drug-likeness (QED) is 0.240. The second-order valence-electron chi connectivity index (χ2n) is 13.5. The summed E-state index contributed by atoms with van der Waals surface area (Å²) in [5.41, 5.74) is 2.78. The molecule has 202 valence electrons. The molecule has 4 unspecified atom stereocenters. The van der Waals surface area contributed by atoms with Crippen molar-refractivity contribution in [1.29, 1.82) is 0 Å². The van der Waals surface area contributed by atoms with E-state index in [0.29, 0.717) is 12.0 Å². The molecule has 0 aromatic rings. The number of methoxy groups -OCH3 is 1. The minimum Gasteiger partial charge on any atom is -0.504 e. The first-order valence-corrected chi connectivity index (χ1v) is 14.1. The van der Waals surface area contributed by atoms with Crippen LogP contribution < -0.4 is 0 Å². The first-order chi connectivity index (χ1) is 17.1. The molecule has 0 bridgehead atoms. The summed E-state index contributed by atoms with van der Waals surface area (Å²) >= 11 is 5.65. The van der Waals surface area contributed by atoms with Gasteiger partial charge in [0.2, 0.25) is 5.78 Å². The topological polar surface area (TPSA) is 72.8 Å². The zero-order valence-electron chi connectivity index (χ0n) is 23.4. The maximum Gasteiger partial charge on any atom is 0.313 e. The lowest BCUT2D eigenvalue weighted by Crippen LogP contribution is -2.70. The summed E-state index contributed by atoms with van der Waals surface area (Å²) in [6.45, 7) is 13.3. The second kappa shape index (κ2) is 8.11. The number of ketones is 1. The van der Waals surface area contributed by atoms with Gasteiger partial charge in [-0.3, -0.25) is 9.59 Å². The van der Waals surface area contributed by atoms with E-state index in [1.165, 1.54) is 12.7 Å². The lowest BCUT2D eigenvalue weighted by Gasteiger charge is -2.74. The van der Waals surface area contributed by atoms with Gasteiger partial charge in [-0.15, -0.1) is 0 Å². The lowest BCUT2D eigenvalue weighted by molar-refractivity contribution is -0.180. The number of ether oxygens (including phenoxy) is 2. The van der Waals surface area contributed by atoms with Gasteiger partial charge in [-0.2, -0.15) is 12.6 Å². The predicted octanol–water partition coefficient (Wildman–Crippen LogP) is 6.81. The van der Waals surface area contributed by atoms with E-state index in [4.69, 9.17) is 22.1 Å². The highest BCUT2D eigenvalue weighted by Gasteiger charge is 2.73. The van der Waals surface area contributed by atoms with Gasteiger partial charge in [-0.25, -0.2) is 0 Å². The van der Waals surface area contributed by atoms with Crippen LogP contribution in [0.2, 0.25) is 0 Å². The van der Waals surface area contributed by atoms with Crippen LogP contribution in [0.5, 0.6) is 0 Å². The molecule has 5 aliphatic carbocycles. The van der Waals surface area contributed by atoms with E-state index in [-0.39, 0.29) is 50.7 Å². The molecule has 3 saturated carbocycles. The van der Waals surface area contributed by atoms with Crippen molar-refractivity contribution in [3.05, 3.63) is 46.3 Å². The van der Waals surface area contributed by atoms with E-state index >= 15 is 0 Å². The molecule has 0 radical (unpaired) electrons. The van der Waals surface area contributed by atoms with Crippen LogP contribution in [0.4, 0.5) is 0 Å². The number of fused-ring (bicyclic) bond motifs is 7. The van der Waals surface area contributed by atoms with E-state index in [2.05, 4.69) is 39.8 Å². The highest BCUT2D eigenvalue weighted by atomic mass is 32.1. The molecule has 6 atom stereocenters. The number of aliphatic hydroxyl groups excluding tert-OH is 1. The summed E-state index contributed by atoms with van der Waals surface area (Å²) < 4.78 is 10.1. The SMILES string of the molecule is COCOC(=O)[C@]1(C)CCC2(C)CCC3(C)C4=CC=C5C(=CC(=O)C(O)=C5C)C4(C)CC[C@@]3(C)C2(S)C1. The average molecular weight is 527 g/mol. The summed E-state index contributed by atoms with van der Waals surface area (Å²) in [5, 5.41) is 10.4. The van der Waals surface area contributed by atoms with Crippen LogP contribution in [-0.2, 0) is 19.1 Å². The van der Waals surface area contributed by atoms with Crippen molar-refractivity contribution >= 4 is 24.4 Å². The highest BCUT2D eigenvalue weighted by molar-refractivity contribution is 7.82. The zero-order chi connectivity index (χ0) is 27.2. The Morgan fingerprint density at radius 1 is 1.03 bits per heavy atom. The number of carbonyl (C=O) groups is 2. The van der Waals surface area contributed by atoms with Crippen LogP contribution in [0.15, 0.2) is 46.3 Å². The van der Waals surface area contributed by atoms with Crippen LogP contribution >= 0.6 is 12.6 Å². The van der Waals surface area contributed by atoms with Gasteiger partial charge in [-0.05, 0) is 92.3 Å². The van der Waals surface area contributed by atoms with E-state index in [0.717, 1.165) is 49.7 Å². The number of carbonyl (C=O) groups excluding carboxylic acids is 2. The Bertz CT molecular complexity index is 1210. The molecule has 5 rings (SSSR count). The molecule has 6 heteroatoms. The molecule has 0 heterocycles. The molecule has 0 spiro atoms. The molecule has 1 N–H and O–H groups in total. The third-order valence-corrected chi connectivity index (χ3v) is 13.1. The maximum atomic E-state index is 13.2. The van der Waals surface area contributed by atoms with Crippen molar-refractivity contribution in [2.45, 2.75) is 91.2 Å². The van der Waals surface area contributed by atoms with Crippen molar-refractivity contribution < 1.29 is 24.2 Å². The summed E-state index contributed by atoms with van der Waals surface area (Å²) in [6, 6.07) is 0. The van der Waals surface area contributed by atoms with Gasteiger partial charge < -0.3 is 14.6 Å². The molecule has 0 aromatic heterocycles. The predicted molar refractivity (Wildman–Crippen MR) is 147 cm³/mol. The number of hydrogen-bond acceptors (Lipinski definition) is 6. The Hall–Kier alpha value is -1.79. The summed E-state index contributed by atoms with van der Waals surface area (Å²) in [4.78, 5) is 25.9. The number of allylic oxidation sites excluding steroid dienone is 7. The van der Waals surface area contributed by atoms with Crippen molar-refractivity contribution in [3.8, 4) is 0 Å². The number of rotatable bonds is 3. The van der Waals surface area contributed by atoms with Crippen molar-refractivity contribution in [2.75, 3.05) is 13.9 Å². The molecule has 5 aliphatic rings. The fourth-order valence-electron chi connectivity index (χ4n) is 8.97. The first-order valence-electron chi connectivity index (χ1n) is 13.6. The van der Waals surface area contributed by atoms with E-state index in [1.807, 2.05) is 13.8 Å². The van der Waals surface area contributed by atoms with Crippen LogP contribution in [-0.4, -0.2) is 35.5 Å². The molecular formula is C31H42O5S. The van der Waals surface area contributed by atoms with E-state index in [1.54, 1.807) is 6.08 Å². The first kappa shape index (κ1) is 26.8. The third-order valence-electron chi connectivity index (χ3n) is 11.9. The van der Waals surface area contributed by atoms with Gasteiger partial charge in [0.25, 0.3) is 0 Å². The van der Waals surface area contributed by atoms with Crippen molar-refractivity contribution in [1.82, 2.24) is 0 Å².